The van der Waals surface area contributed by atoms with Crippen molar-refractivity contribution in [2.75, 3.05) is 11.1 Å². The van der Waals surface area contributed by atoms with E-state index >= 15 is 0 Å². The zero-order chi connectivity index (χ0) is 11.9. The number of fused-ring (bicyclic) bond motifs is 1. The van der Waals surface area contributed by atoms with Crippen LogP contribution in [0.5, 0.6) is 5.75 Å². The number of nitrogens with two attached hydrogens (primary N) is 1. The molecule has 1 aromatic carbocycles. The standard InChI is InChI=1S/C11H13FN2O2/c1-5(2)9-11(15)14-8-4-6(12)3-7(13)10(8)16-9/h3-5,9H,13H2,1-2H3,(H,14,15). The Kier molecular flexibility index (Phi) is 2.46. The van der Waals surface area contributed by atoms with Gasteiger partial charge in [-0.3, -0.25) is 4.79 Å². The van der Waals surface area contributed by atoms with E-state index < -0.39 is 11.9 Å². The van der Waals surface area contributed by atoms with Crippen LogP contribution in [0.1, 0.15) is 13.8 Å². The molecular formula is C11H13FN2O2. The molecule has 1 aliphatic rings. The third-order valence-electron chi connectivity index (χ3n) is 2.45. The van der Waals surface area contributed by atoms with Gasteiger partial charge in [0.05, 0.1) is 11.4 Å². The highest BCUT2D eigenvalue weighted by atomic mass is 19.1. The Labute approximate surface area is 92.6 Å². The van der Waals surface area contributed by atoms with Gasteiger partial charge in [0, 0.05) is 12.1 Å². The van der Waals surface area contributed by atoms with E-state index in [9.17, 15) is 9.18 Å². The van der Waals surface area contributed by atoms with Crippen LogP contribution in [-0.2, 0) is 4.79 Å². The fourth-order valence-corrected chi connectivity index (χ4v) is 1.66. The number of rotatable bonds is 1. The van der Waals surface area contributed by atoms with E-state index in [1.165, 1.54) is 12.1 Å². The van der Waals surface area contributed by atoms with E-state index in [1.54, 1.807) is 0 Å². The first-order valence-corrected chi connectivity index (χ1v) is 5.05. The molecule has 0 saturated heterocycles. The smallest absolute Gasteiger partial charge is 0.265 e. The summed E-state index contributed by atoms with van der Waals surface area (Å²) >= 11 is 0. The molecule has 1 atom stereocenters. The first kappa shape index (κ1) is 10.7. The Morgan fingerprint density at radius 2 is 2.19 bits per heavy atom. The molecular weight excluding hydrogens is 211 g/mol. The molecule has 16 heavy (non-hydrogen) atoms. The maximum absolute atomic E-state index is 13.1. The monoisotopic (exact) mass is 224 g/mol. The minimum absolute atomic E-state index is 0.0256. The Morgan fingerprint density at radius 1 is 1.50 bits per heavy atom. The molecule has 3 N–H and O–H groups in total. The molecule has 0 bridgehead atoms. The predicted molar refractivity (Wildman–Crippen MR) is 58.7 cm³/mol. The largest absolute Gasteiger partial charge is 0.476 e. The molecule has 2 rings (SSSR count). The van der Waals surface area contributed by atoms with Crippen molar-refractivity contribution in [1.29, 1.82) is 0 Å². The number of ether oxygens (including phenoxy) is 1. The van der Waals surface area contributed by atoms with Crippen LogP contribution in [0.15, 0.2) is 12.1 Å². The van der Waals surface area contributed by atoms with E-state index in [0.717, 1.165) is 0 Å². The highest BCUT2D eigenvalue weighted by Gasteiger charge is 2.31. The quantitative estimate of drug-likeness (QED) is 0.714. The Balaban J connectivity index is 2.43. The van der Waals surface area contributed by atoms with Gasteiger partial charge in [-0.15, -0.1) is 0 Å². The van der Waals surface area contributed by atoms with Gasteiger partial charge in [-0.1, -0.05) is 13.8 Å². The lowest BCUT2D eigenvalue weighted by Crippen LogP contribution is -2.40. The van der Waals surface area contributed by atoms with Crippen molar-refractivity contribution in [3.8, 4) is 5.75 Å². The summed E-state index contributed by atoms with van der Waals surface area (Å²) in [5.74, 6) is -0.395. The van der Waals surface area contributed by atoms with Crippen molar-refractivity contribution in [2.45, 2.75) is 20.0 Å². The summed E-state index contributed by atoms with van der Waals surface area (Å²) in [6.45, 7) is 3.74. The molecule has 1 aliphatic heterocycles. The highest BCUT2D eigenvalue weighted by Crippen LogP contribution is 2.37. The van der Waals surface area contributed by atoms with Crippen molar-refractivity contribution < 1.29 is 13.9 Å². The van der Waals surface area contributed by atoms with Crippen LogP contribution in [0.25, 0.3) is 0 Å². The van der Waals surface area contributed by atoms with Gasteiger partial charge in [0.2, 0.25) is 0 Å². The number of hydrogen-bond donors (Lipinski definition) is 2. The number of nitrogens with one attached hydrogen (secondary N) is 1. The van der Waals surface area contributed by atoms with Crippen molar-refractivity contribution in [1.82, 2.24) is 0 Å². The number of benzene rings is 1. The number of nitrogen functional groups attached to an aromatic ring is 1. The van der Waals surface area contributed by atoms with Gasteiger partial charge in [0.15, 0.2) is 11.9 Å². The van der Waals surface area contributed by atoms with Gasteiger partial charge < -0.3 is 15.8 Å². The molecule has 1 unspecified atom stereocenters. The fourth-order valence-electron chi connectivity index (χ4n) is 1.66. The Bertz CT molecular complexity index is 446. The van der Waals surface area contributed by atoms with Crippen LogP contribution in [0, 0.1) is 11.7 Å². The lowest BCUT2D eigenvalue weighted by atomic mass is 10.0. The van der Waals surface area contributed by atoms with E-state index in [4.69, 9.17) is 10.5 Å². The second-order valence-electron chi connectivity index (χ2n) is 4.14. The molecule has 1 heterocycles. The molecule has 0 aromatic heterocycles. The summed E-state index contributed by atoms with van der Waals surface area (Å²) in [6.07, 6.45) is -0.583. The van der Waals surface area contributed by atoms with Gasteiger partial charge in [0.25, 0.3) is 5.91 Å². The zero-order valence-corrected chi connectivity index (χ0v) is 9.08. The van der Waals surface area contributed by atoms with Crippen molar-refractivity contribution in [3.63, 3.8) is 0 Å². The average molecular weight is 224 g/mol. The molecule has 0 saturated carbocycles. The van der Waals surface area contributed by atoms with Gasteiger partial charge in [-0.2, -0.15) is 0 Å². The number of amides is 1. The maximum atomic E-state index is 13.1. The van der Waals surface area contributed by atoms with Gasteiger partial charge in [-0.05, 0) is 5.92 Å². The van der Waals surface area contributed by atoms with Crippen molar-refractivity contribution in [2.24, 2.45) is 5.92 Å². The molecule has 0 fully saturated rings. The molecule has 86 valence electrons. The molecule has 1 amide bonds. The minimum atomic E-state index is -0.583. The van der Waals surface area contributed by atoms with Gasteiger partial charge in [0.1, 0.15) is 5.82 Å². The van der Waals surface area contributed by atoms with Crippen LogP contribution in [0.2, 0.25) is 0 Å². The van der Waals surface area contributed by atoms with Crippen LogP contribution >= 0.6 is 0 Å². The van der Waals surface area contributed by atoms with E-state index in [0.29, 0.717) is 11.4 Å². The first-order chi connectivity index (χ1) is 7.49. The average Bonchev–Trinajstić information content (AvgIpc) is 2.15. The third-order valence-corrected chi connectivity index (χ3v) is 2.45. The third kappa shape index (κ3) is 1.68. The molecule has 0 spiro atoms. The summed E-state index contributed by atoms with van der Waals surface area (Å²) in [6, 6.07) is 2.37. The fraction of sp³-hybridized carbons (Fsp3) is 0.364. The van der Waals surface area contributed by atoms with Crippen molar-refractivity contribution >= 4 is 17.3 Å². The normalized spacial score (nSPS) is 19.0. The molecule has 4 nitrogen and oxygen atoms in total. The summed E-state index contributed by atoms with van der Waals surface area (Å²) in [5.41, 5.74) is 6.12. The summed E-state index contributed by atoms with van der Waals surface area (Å²) < 4.78 is 18.5. The van der Waals surface area contributed by atoms with Crippen LogP contribution in [-0.4, -0.2) is 12.0 Å². The van der Waals surface area contributed by atoms with Gasteiger partial charge in [-0.25, -0.2) is 4.39 Å². The van der Waals surface area contributed by atoms with E-state index in [-0.39, 0.29) is 17.5 Å². The van der Waals surface area contributed by atoms with Crippen LogP contribution < -0.4 is 15.8 Å². The number of anilines is 2. The highest BCUT2D eigenvalue weighted by molar-refractivity contribution is 5.99. The lowest BCUT2D eigenvalue weighted by molar-refractivity contribution is -0.125. The summed E-state index contributed by atoms with van der Waals surface area (Å²) in [4.78, 5) is 11.6. The molecule has 0 radical (unpaired) electrons. The SMILES string of the molecule is CC(C)C1Oc2c(N)cc(F)cc2NC1=O. The second-order valence-corrected chi connectivity index (χ2v) is 4.14. The predicted octanol–water partition coefficient (Wildman–Crippen LogP) is 1.76. The Hall–Kier alpha value is -1.78. The summed E-state index contributed by atoms with van der Waals surface area (Å²) in [7, 11) is 0. The van der Waals surface area contributed by atoms with Crippen molar-refractivity contribution in [3.05, 3.63) is 17.9 Å². The van der Waals surface area contributed by atoms with Crippen LogP contribution in [0.4, 0.5) is 15.8 Å². The summed E-state index contributed by atoms with van der Waals surface area (Å²) in [5, 5.41) is 2.59. The Morgan fingerprint density at radius 3 is 2.81 bits per heavy atom. The second kappa shape index (κ2) is 3.66. The minimum Gasteiger partial charge on any atom is -0.476 e. The number of halogens is 1. The number of carbonyl (C=O) groups excluding carboxylic acids is 1. The van der Waals surface area contributed by atoms with E-state index in [2.05, 4.69) is 5.32 Å². The van der Waals surface area contributed by atoms with Gasteiger partial charge >= 0.3 is 0 Å². The molecule has 1 aromatic rings. The van der Waals surface area contributed by atoms with Crippen LogP contribution in [0.3, 0.4) is 0 Å². The van der Waals surface area contributed by atoms with E-state index in [1.807, 2.05) is 13.8 Å². The maximum Gasteiger partial charge on any atom is 0.265 e. The number of hydrogen-bond acceptors (Lipinski definition) is 3. The molecule has 0 aliphatic carbocycles. The zero-order valence-electron chi connectivity index (χ0n) is 9.08. The topological polar surface area (TPSA) is 64.3 Å². The number of carbonyl (C=O) groups is 1. The molecule has 5 heteroatoms. The first-order valence-electron chi connectivity index (χ1n) is 5.05. The lowest BCUT2D eigenvalue weighted by Gasteiger charge is -2.28.